The van der Waals surface area contributed by atoms with Crippen molar-refractivity contribution in [2.45, 2.75) is 0 Å². The summed E-state index contributed by atoms with van der Waals surface area (Å²) in [7, 11) is 0. The number of nitrogens with two attached hydrogens (primary N) is 1. The maximum absolute atomic E-state index is 4.88. The van der Waals surface area contributed by atoms with E-state index in [0.717, 1.165) is 6.40 Å². The molecule has 0 bridgehead atoms. The first-order valence-corrected chi connectivity index (χ1v) is 2.72. The third-order valence-electron chi connectivity index (χ3n) is 0.884. The zero-order valence-corrected chi connectivity index (χ0v) is 5.27. The maximum Gasteiger partial charge on any atom is 0.198 e. The van der Waals surface area contributed by atoms with Crippen LogP contribution in [0.1, 0.15) is 0 Å². The largest absolute Gasteiger partial charge is 0.443 e. The summed E-state index contributed by atoms with van der Waals surface area (Å²) in [6.07, 6.45) is 4.38. The van der Waals surface area contributed by atoms with Crippen molar-refractivity contribution in [3.05, 3.63) is 24.5 Å². The van der Waals surface area contributed by atoms with Gasteiger partial charge >= 0.3 is 0 Å². The summed E-state index contributed by atoms with van der Waals surface area (Å²) in [4.78, 5) is 3.81. The minimum Gasteiger partial charge on any atom is -0.443 e. The molecule has 1 heterocycles. The van der Waals surface area contributed by atoms with E-state index in [9.17, 15) is 0 Å². The van der Waals surface area contributed by atoms with Crippen LogP contribution in [0, 0.1) is 0 Å². The normalized spacial score (nSPS) is 10.0. The fourth-order valence-electron chi connectivity index (χ4n) is 0.508. The minimum atomic E-state index is 0.622. The standard InChI is InChI=1S/C6H7N3O/c7-9-5-10-6-2-1-3-8-4-6/h1-5H,7H2. The molecular formula is C6H7N3O. The van der Waals surface area contributed by atoms with Gasteiger partial charge in [0, 0.05) is 6.20 Å². The molecule has 0 fully saturated rings. The molecule has 0 aliphatic rings. The van der Waals surface area contributed by atoms with Crippen LogP contribution in [-0.2, 0) is 0 Å². The summed E-state index contributed by atoms with van der Waals surface area (Å²) in [6.45, 7) is 0. The van der Waals surface area contributed by atoms with Crippen molar-refractivity contribution in [3.63, 3.8) is 0 Å². The number of ether oxygens (including phenoxy) is 1. The number of hydrazone groups is 1. The molecule has 52 valence electrons. The Morgan fingerprint density at radius 2 is 2.60 bits per heavy atom. The summed E-state index contributed by atoms with van der Waals surface area (Å²) >= 11 is 0. The van der Waals surface area contributed by atoms with Gasteiger partial charge in [0.2, 0.25) is 0 Å². The molecule has 4 heteroatoms. The quantitative estimate of drug-likeness (QED) is 0.277. The van der Waals surface area contributed by atoms with Gasteiger partial charge < -0.3 is 10.6 Å². The zero-order chi connectivity index (χ0) is 7.23. The average molecular weight is 137 g/mol. The molecule has 0 radical (unpaired) electrons. The van der Waals surface area contributed by atoms with E-state index in [1.807, 2.05) is 0 Å². The molecule has 0 spiro atoms. The Morgan fingerprint density at radius 3 is 3.20 bits per heavy atom. The van der Waals surface area contributed by atoms with Gasteiger partial charge in [0.1, 0.15) is 5.75 Å². The van der Waals surface area contributed by atoms with Crippen molar-refractivity contribution < 1.29 is 4.74 Å². The predicted molar refractivity (Wildman–Crippen MR) is 37.5 cm³/mol. The van der Waals surface area contributed by atoms with Gasteiger partial charge in [-0.1, -0.05) is 0 Å². The minimum absolute atomic E-state index is 0.622. The Morgan fingerprint density at radius 1 is 1.70 bits per heavy atom. The zero-order valence-electron chi connectivity index (χ0n) is 5.27. The number of aromatic nitrogens is 1. The Labute approximate surface area is 58.3 Å². The van der Waals surface area contributed by atoms with Gasteiger partial charge in [-0.25, -0.2) is 0 Å². The second-order valence-electron chi connectivity index (χ2n) is 1.56. The van der Waals surface area contributed by atoms with E-state index in [1.54, 1.807) is 24.5 Å². The van der Waals surface area contributed by atoms with E-state index >= 15 is 0 Å². The summed E-state index contributed by atoms with van der Waals surface area (Å²) in [6, 6.07) is 3.52. The fraction of sp³-hybridized carbons (Fsp3) is 0. The highest BCUT2D eigenvalue weighted by atomic mass is 16.5. The molecule has 0 saturated carbocycles. The first-order chi connectivity index (χ1) is 4.93. The topological polar surface area (TPSA) is 60.5 Å². The van der Waals surface area contributed by atoms with Gasteiger partial charge in [0.25, 0.3) is 0 Å². The molecule has 0 aliphatic carbocycles. The molecule has 0 amide bonds. The summed E-state index contributed by atoms with van der Waals surface area (Å²) < 4.78 is 4.88. The van der Waals surface area contributed by atoms with Gasteiger partial charge in [0.15, 0.2) is 6.40 Å². The Kier molecular flexibility index (Phi) is 2.25. The van der Waals surface area contributed by atoms with Crippen molar-refractivity contribution in [1.29, 1.82) is 0 Å². The Balaban J connectivity index is 2.59. The van der Waals surface area contributed by atoms with Crippen molar-refractivity contribution in [2.75, 3.05) is 0 Å². The van der Waals surface area contributed by atoms with E-state index in [0.29, 0.717) is 5.75 Å². The number of nitrogens with zero attached hydrogens (tertiary/aromatic N) is 2. The molecular weight excluding hydrogens is 130 g/mol. The molecule has 1 aromatic heterocycles. The van der Waals surface area contributed by atoms with Crippen molar-refractivity contribution in [3.8, 4) is 5.75 Å². The van der Waals surface area contributed by atoms with E-state index in [2.05, 4.69) is 10.1 Å². The van der Waals surface area contributed by atoms with Crippen LogP contribution < -0.4 is 10.6 Å². The molecule has 0 atom stereocenters. The van der Waals surface area contributed by atoms with Crippen LogP contribution in [0.3, 0.4) is 0 Å². The molecule has 0 aliphatic heterocycles. The SMILES string of the molecule is NN=COc1cccnc1. The van der Waals surface area contributed by atoms with Crippen LogP contribution in [0.2, 0.25) is 0 Å². The van der Waals surface area contributed by atoms with E-state index < -0.39 is 0 Å². The number of hydrogen-bond acceptors (Lipinski definition) is 4. The van der Waals surface area contributed by atoms with Crippen molar-refractivity contribution >= 4 is 6.40 Å². The lowest BCUT2D eigenvalue weighted by atomic mass is 10.5. The smallest absolute Gasteiger partial charge is 0.198 e. The van der Waals surface area contributed by atoms with Crippen LogP contribution in [0.25, 0.3) is 0 Å². The fourth-order valence-corrected chi connectivity index (χ4v) is 0.508. The second-order valence-corrected chi connectivity index (χ2v) is 1.56. The third-order valence-corrected chi connectivity index (χ3v) is 0.884. The highest BCUT2D eigenvalue weighted by molar-refractivity contribution is 5.50. The highest BCUT2D eigenvalue weighted by Crippen LogP contribution is 2.03. The Bertz CT molecular complexity index is 209. The van der Waals surface area contributed by atoms with Gasteiger partial charge in [-0.15, -0.1) is 0 Å². The second kappa shape index (κ2) is 3.45. The van der Waals surface area contributed by atoms with Crippen LogP contribution in [0.15, 0.2) is 29.6 Å². The van der Waals surface area contributed by atoms with Crippen LogP contribution >= 0.6 is 0 Å². The molecule has 2 N–H and O–H groups in total. The Hall–Kier alpha value is -1.58. The average Bonchev–Trinajstić information content (AvgIpc) is 2.03. The van der Waals surface area contributed by atoms with E-state index in [1.165, 1.54) is 0 Å². The molecule has 10 heavy (non-hydrogen) atoms. The van der Waals surface area contributed by atoms with E-state index in [-0.39, 0.29) is 0 Å². The lowest BCUT2D eigenvalue weighted by Crippen LogP contribution is -1.92. The summed E-state index contributed by atoms with van der Waals surface area (Å²) in [5.74, 6) is 5.42. The molecule has 4 nitrogen and oxygen atoms in total. The molecule has 0 aromatic carbocycles. The van der Waals surface area contributed by atoms with Crippen molar-refractivity contribution in [2.24, 2.45) is 10.9 Å². The van der Waals surface area contributed by atoms with Crippen molar-refractivity contribution in [1.82, 2.24) is 4.98 Å². The molecule has 0 saturated heterocycles. The molecule has 0 unspecified atom stereocenters. The van der Waals surface area contributed by atoms with Gasteiger partial charge in [0.05, 0.1) is 6.20 Å². The third kappa shape index (κ3) is 1.74. The maximum atomic E-state index is 4.88. The highest BCUT2D eigenvalue weighted by Gasteiger charge is 1.85. The first kappa shape index (κ1) is 6.54. The van der Waals surface area contributed by atoms with Crippen LogP contribution in [0.5, 0.6) is 5.75 Å². The summed E-state index contributed by atoms with van der Waals surface area (Å²) in [5, 5.41) is 3.16. The van der Waals surface area contributed by atoms with Gasteiger partial charge in [-0.05, 0) is 12.1 Å². The number of hydrogen-bond donors (Lipinski definition) is 1. The number of rotatable bonds is 2. The molecule has 1 aromatic rings. The predicted octanol–water partition coefficient (Wildman–Crippen LogP) is 0.362. The molecule has 1 rings (SSSR count). The lowest BCUT2D eigenvalue weighted by Gasteiger charge is -1.94. The van der Waals surface area contributed by atoms with Crippen LogP contribution in [0.4, 0.5) is 0 Å². The van der Waals surface area contributed by atoms with Gasteiger partial charge in [-0.2, -0.15) is 5.10 Å². The van der Waals surface area contributed by atoms with Crippen LogP contribution in [-0.4, -0.2) is 11.4 Å². The lowest BCUT2D eigenvalue weighted by molar-refractivity contribution is 0.568. The van der Waals surface area contributed by atoms with Gasteiger partial charge in [-0.3, -0.25) is 4.98 Å². The van der Waals surface area contributed by atoms with E-state index in [4.69, 9.17) is 10.6 Å². The monoisotopic (exact) mass is 137 g/mol. The summed E-state index contributed by atoms with van der Waals surface area (Å²) in [5.41, 5.74) is 0. The first-order valence-electron chi connectivity index (χ1n) is 2.72. The number of pyridine rings is 1.